The lowest BCUT2D eigenvalue weighted by molar-refractivity contribution is 0.669. The molecule has 0 spiro atoms. The molecule has 51 heavy (non-hydrogen) atoms. The third-order valence-electron chi connectivity index (χ3n) is 10.9. The quantitative estimate of drug-likeness (QED) is 0.168. The zero-order valence-corrected chi connectivity index (χ0v) is 28.2. The number of para-hydroxylation sites is 2. The summed E-state index contributed by atoms with van der Waals surface area (Å²) in [7, 11) is 0. The Morgan fingerprint density at radius 2 is 1.00 bits per heavy atom. The summed E-state index contributed by atoms with van der Waals surface area (Å²) in [5.41, 5.74) is 7.75. The van der Waals surface area contributed by atoms with Gasteiger partial charge in [0.2, 0.25) is 0 Å². The Hall–Kier alpha value is -6.42. The van der Waals surface area contributed by atoms with E-state index < -0.39 is 0 Å². The number of furan rings is 1. The van der Waals surface area contributed by atoms with E-state index in [4.69, 9.17) is 4.42 Å². The Bertz CT molecular complexity index is 3430. The molecule has 9 aromatic carbocycles. The molecule has 2 nitrogen and oxygen atoms in total. The highest BCUT2D eigenvalue weighted by Crippen LogP contribution is 2.51. The van der Waals surface area contributed by atoms with Gasteiger partial charge in [-0.2, -0.15) is 0 Å². The Kier molecular flexibility index (Phi) is 5.41. The van der Waals surface area contributed by atoms with Crippen LogP contribution in [0, 0.1) is 0 Å². The highest BCUT2D eigenvalue weighted by atomic mass is 32.1. The number of benzene rings is 9. The van der Waals surface area contributed by atoms with Crippen molar-refractivity contribution in [1.82, 2.24) is 4.57 Å². The number of hydrogen-bond donors (Lipinski definition) is 0. The molecule has 236 valence electrons. The molecule has 3 heteroatoms. The highest BCUT2D eigenvalue weighted by molar-refractivity contribution is 7.27. The minimum atomic E-state index is 0.911. The summed E-state index contributed by atoms with van der Waals surface area (Å²) in [6.07, 6.45) is 0. The van der Waals surface area contributed by atoms with Crippen LogP contribution in [0.1, 0.15) is 0 Å². The van der Waals surface area contributed by atoms with E-state index in [1.165, 1.54) is 74.3 Å². The van der Waals surface area contributed by atoms with Gasteiger partial charge in [-0.05, 0) is 75.1 Å². The predicted molar refractivity (Wildman–Crippen MR) is 219 cm³/mol. The van der Waals surface area contributed by atoms with Crippen LogP contribution in [0.25, 0.3) is 113 Å². The first-order valence-corrected chi connectivity index (χ1v) is 18.2. The molecule has 12 rings (SSSR count). The molecule has 0 aliphatic carbocycles. The maximum Gasteiger partial charge on any atom is 0.136 e. The second kappa shape index (κ2) is 10.1. The third-order valence-corrected chi connectivity index (χ3v) is 12.1. The van der Waals surface area contributed by atoms with Crippen molar-refractivity contribution in [2.45, 2.75) is 0 Å². The molecule has 3 heterocycles. The topological polar surface area (TPSA) is 18.1 Å². The fourth-order valence-corrected chi connectivity index (χ4v) is 10.1. The van der Waals surface area contributed by atoms with E-state index in [1.807, 2.05) is 23.5 Å². The van der Waals surface area contributed by atoms with Crippen LogP contribution >= 0.6 is 11.3 Å². The van der Waals surface area contributed by atoms with Gasteiger partial charge in [0.15, 0.2) is 0 Å². The van der Waals surface area contributed by atoms with Gasteiger partial charge in [0.05, 0.1) is 15.7 Å². The molecule has 0 aliphatic rings. The van der Waals surface area contributed by atoms with Crippen LogP contribution in [0.2, 0.25) is 0 Å². The van der Waals surface area contributed by atoms with Crippen molar-refractivity contribution in [3.63, 3.8) is 0 Å². The van der Waals surface area contributed by atoms with E-state index in [-0.39, 0.29) is 0 Å². The minimum Gasteiger partial charge on any atom is -0.456 e. The Balaban J connectivity index is 1.26. The number of nitrogens with zero attached hydrogens (tertiary/aromatic N) is 1. The van der Waals surface area contributed by atoms with E-state index in [2.05, 4.69) is 156 Å². The number of hydrogen-bond acceptors (Lipinski definition) is 2. The average molecular weight is 666 g/mol. The Morgan fingerprint density at radius 1 is 0.392 bits per heavy atom. The molecule has 0 bridgehead atoms. The second-order valence-electron chi connectivity index (χ2n) is 13.6. The van der Waals surface area contributed by atoms with Gasteiger partial charge in [-0.3, -0.25) is 0 Å². The summed E-state index contributed by atoms with van der Waals surface area (Å²) < 4.78 is 11.5. The van der Waals surface area contributed by atoms with Crippen LogP contribution in [0.15, 0.2) is 168 Å². The lowest BCUT2D eigenvalue weighted by Crippen LogP contribution is -1.95. The molecule has 0 unspecified atom stereocenters. The zero-order chi connectivity index (χ0) is 33.2. The molecule has 0 saturated heterocycles. The lowest BCUT2D eigenvalue weighted by atomic mass is 9.89. The van der Waals surface area contributed by atoms with E-state index in [0.29, 0.717) is 0 Å². The van der Waals surface area contributed by atoms with Crippen molar-refractivity contribution >= 4 is 108 Å². The normalized spacial score (nSPS) is 12.3. The largest absolute Gasteiger partial charge is 0.456 e. The molecule has 0 aliphatic heterocycles. The number of rotatable bonds is 2. The van der Waals surface area contributed by atoms with Crippen LogP contribution in [-0.2, 0) is 0 Å². The van der Waals surface area contributed by atoms with Crippen molar-refractivity contribution in [3.8, 4) is 16.8 Å². The molecule has 0 amide bonds. The van der Waals surface area contributed by atoms with Crippen molar-refractivity contribution < 1.29 is 4.42 Å². The van der Waals surface area contributed by atoms with E-state index in [9.17, 15) is 0 Å². The van der Waals surface area contributed by atoms with Crippen LogP contribution in [0.4, 0.5) is 0 Å². The summed E-state index contributed by atoms with van der Waals surface area (Å²) >= 11 is 1.91. The average Bonchev–Trinajstić information content (AvgIpc) is 3.87. The SMILES string of the molecule is c1cc(-c2ccc3c(c2)oc2ccccc23)cc(-n2c3ccccc3c3c4c5ccccc5c5ccccc5c4c4c5ccccc5sc4c32)c1. The molecule has 0 atom stereocenters. The fourth-order valence-electron chi connectivity index (χ4n) is 8.83. The van der Waals surface area contributed by atoms with Crippen LogP contribution in [0.5, 0.6) is 0 Å². The maximum atomic E-state index is 6.31. The van der Waals surface area contributed by atoms with Crippen LogP contribution in [0.3, 0.4) is 0 Å². The predicted octanol–water partition coefficient (Wildman–Crippen LogP) is 14.2. The minimum absolute atomic E-state index is 0.911. The van der Waals surface area contributed by atoms with Crippen LogP contribution < -0.4 is 0 Å². The number of aromatic nitrogens is 1. The molecule has 12 aromatic rings. The Labute approximate surface area is 296 Å². The van der Waals surface area contributed by atoms with E-state index in [1.54, 1.807) is 0 Å². The van der Waals surface area contributed by atoms with Gasteiger partial charge in [-0.15, -0.1) is 11.3 Å². The first-order valence-electron chi connectivity index (χ1n) is 17.4. The molecule has 3 aromatic heterocycles. The van der Waals surface area contributed by atoms with Gasteiger partial charge in [0.25, 0.3) is 0 Å². The molecular formula is C48H27NOS. The zero-order valence-electron chi connectivity index (χ0n) is 27.4. The van der Waals surface area contributed by atoms with E-state index in [0.717, 1.165) is 38.8 Å². The summed E-state index contributed by atoms with van der Waals surface area (Å²) in [6, 6.07) is 59.8. The van der Waals surface area contributed by atoms with Gasteiger partial charge < -0.3 is 8.98 Å². The maximum absolute atomic E-state index is 6.31. The van der Waals surface area contributed by atoms with Gasteiger partial charge in [-0.1, -0.05) is 121 Å². The smallest absolute Gasteiger partial charge is 0.136 e. The first kappa shape index (κ1) is 27.4. The van der Waals surface area contributed by atoms with Gasteiger partial charge in [-0.25, -0.2) is 0 Å². The molecule has 0 radical (unpaired) electrons. The van der Waals surface area contributed by atoms with Crippen molar-refractivity contribution in [1.29, 1.82) is 0 Å². The van der Waals surface area contributed by atoms with Crippen molar-refractivity contribution in [2.75, 3.05) is 0 Å². The van der Waals surface area contributed by atoms with Gasteiger partial charge >= 0.3 is 0 Å². The van der Waals surface area contributed by atoms with Gasteiger partial charge in [0.1, 0.15) is 11.2 Å². The highest BCUT2D eigenvalue weighted by Gasteiger charge is 2.24. The number of thiophene rings is 1. The third kappa shape index (κ3) is 3.65. The second-order valence-corrected chi connectivity index (χ2v) is 14.6. The first-order chi connectivity index (χ1) is 25.3. The van der Waals surface area contributed by atoms with E-state index >= 15 is 0 Å². The molecule has 0 N–H and O–H groups in total. The summed E-state index contributed by atoms with van der Waals surface area (Å²) in [5.74, 6) is 0. The molecular weight excluding hydrogens is 639 g/mol. The summed E-state index contributed by atoms with van der Waals surface area (Å²) in [5, 5.41) is 15.4. The summed E-state index contributed by atoms with van der Waals surface area (Å²) in [6.45, 7) is 0. The standard InChI is InChI=1S/C48H27NOS/c1-3-17-35-31(14-1)32-15-2-4-18-36(32)44-43(35)45-37-19-5-8-21-39(37)49(47(45)48-46(44)38-20-7-10-23-42(38)51-48)30-13-11-12-28(26-30)29-24-25-34-33-16-6-9-22-40(33)50-41(34)27-29/h1-27H. The van der Waals surface area contributed by atoms with Crippen LogP contribution in [-0.4, -0.2) is 4.57 Å². The van der Waals surface area contributed by atoms with Crippen molar-refractivity contribution in [3.05, 3.63) is 164 Å². The fraction of sp³-hybridized carbons (Fsp3) is 0. The lowest BCUT2D eigenvalue weighted by Gasteiger charge is -2.15. The molecule has 0 fully saturated rings. The van der Waals surface area contributed by atoms with Crippen molar-refractivity contribution in [2.24, 2.45) is 0 Å². The monoisotopic (exact) mass is 665 g/mol. The molecule has 0 saturated carbocycles. The Morgan fingerprint density at radius 3 is 1.80 bits per heavy atom. The van der Waals surface area contributed by atoms with Gasteiger partial charge in [0, 0.05) is 53.5 Å². The number of fused-ring (bicyclic) bond motifs is 18. The summed E-state index contributed by atoms with van der Waals surface area (Å²) in [4.78, 5) is 0.